The summed E-state index contributed by atoms with van der Waals surface area (Å²) in [7, 11) is 0. The predicted octanol–water partition coefficient (Wildman–Crippen LogP) is 0.885. The minimum atomic E-state index is -1.09. The first kappa shape index (κ1) is 13.5. The normalized spacial score (nSPS) is 22.7. The molecule has 1 aromatic rings. The van der Waals surface area contributed by atoms with Gasteiger partial charge in [0.05, 0.1) is 18.8 Å². The summed E-state index contributed by atoms with van der Waals surface area (Å²) < 4.78 is 5.18. The van der Waals surface area contributed by atoms with Crippen LogP contribution in [0.4, 0.5) is 4.79 Å². The summed E-state index contributed by atoms with van der Waals surface area (Å²) in [6.45, 7) is 4.68. The van der Waals surface area contributed by atoms with Crippen LogP contribution in [-0.4, -0.2) is 41.6 Å². The van der Waals surface area contributed by atoms with Crippen molar-refractivity contribution in [3.8, 4) is 0 Å². The van der Waals surface area contributed by atoms with E-state index < -0.39 is 11.6 Å². The summed E-state index contributed by atoms with van der Waals surface area (Å²) in [6, 6.07) is 4.87. The van der Waals surface area contributed by atoms with Gasteiger partial charge in [0.1, 0.15) is 0 Å². The monoisotopic (exact) mass is 263 g/mol. The van der Waals surface area contributed by atoms with Crippen molar-refractivity contribution in [3.63, 3.8) is 0 Å². The summed E-state index contributed by atoms with van der Waals surface area (Å²) in [4.78, 5) is 29.6. The Morgan fingerprint density at radius 2 is 2.21 bits per heavy atom. The molecule has 1 saturated heterocycles. The van der Waals surface area contributed by atoms with Gasteiger partial charge in [0, 0.05) is 12.8 Å². The first-order chi connectivity index (χ1) is 9.09. The van der Waals surface area contributed by atoms with Crippen molar-refractivity contribution in [2.75, 3.05) is 19.8 Å². The zero-order chi connectivity index (χ0) is 13.9. The van der Waals surface area contributed by atoms with Gasteiger partial charge in [-0.15, -0.1) is 0 Å². The molecular weight excluding hydrogens is 246 g/mol. The molecule has 6 heteroatoms. The quantitative estimate of drug-likeness (QED) is 0.632. The second-order valence-corrected chi connectivity index (χ2v) is 4.42. The summed E-state index contributed by atoms with van der Waals surface area (Å²) in [6.07, 6.45) is 1.60. The van der Waals surface area contributed by atoms with Crippen molar-refractivity contribution >= 4 is 11.9 Å². The van der Waals surface area contributed by atoms with Crippen LogP contribution in [0.1, 0.15) is 19.5 Å². The molecule has 1 atom stereocenters. The molecule has 0 aromatic carbocycles. The molecule has 1 aliphatic heterocycles. The molecule has 0 saturated carbocycles. The molecule has 1 aliphatic rings. The van der Waals surface area contributed by atoms with E-state index in [0.29, 0.717) is 18.9 Å². The fraction of sp³-hybridized carbons (Fsp3) is 0.462. The molecule has 0 bridgehead atoms. The van der Waals surface area contributed by atoms with Gasteiger partial charge >= 0.3 is 6.03 Å². The molecule has 3 amide bonds. The Kier molecular flexibility index (Phi) is 3.80. The lowest BCUT2D eigenvalue weighted by atomic mass is 9.97. The maximum Gasteiger partial charge on any atom is 0.325 e. The molecule has 1 N–H and O–H groups in total. The molecule has 2 heterocycles. The number of imide groups is 1. The molecule has 102 valence electrons. The number of carbonyl (C=O) groups excluding carboxylic acids is 2. The summed E-state index contributed by atoms with van der Waals surface area (Å²) in [5.74, 6) is -0.295. The van der Waals surface area contributed by atoms with Gasteiger partial charge in [0.2, 0.25) is 0 Å². The number of rotatable bonds is 5. The van der Waals surface area contributed by atoms with Crippen LogP contribution >= 0.6 is 0 Å². The number of hydrogen-bond donors (Lipinski definition) is 1. The smallest absolute Gasteiger partial charge is 0.325 e. The Morgan fingerprint density at radius 3 is 2.84 bits per heavy atom. The third-order valence-corrected chi connectivity index (χ3v) is 3.12. The van der Waals surface area contributed by atoms with E-state index in [9.17, 15) is 9.59 Å². The average Bonchev–Trinajstić information content (AvgIpc) is 2.64. The third-order valence-electron chi connectivity index (χ3n) is 3.12. The molecule has 2 rings (SSSR count). The van der Waals surface area contributed by atoms with E-state index in [1.165, 1.54) is 4.90 Å². The van der Waals surface area contributed by atoms with Crippen LogP contribution in [0.2, 0.25) is 0 Å². The van der Waals surface area contributed by atoms with Gasteiger partial charge in [-0.25, -0.2) is 4.79 Å². The fourth-order valence-electron chi connectivity index (χ4n) is 2.03. The van der Waals surface area contributed by atoms with E-state index in [0.717, 1.165) is 0 Å². The van der Waals surface area contributed by atoms with E-state index in [2.05, 4.69) is 10.3 Å². The Hall–Kier alpha value is -1.95. The van der Waals surface area contributed by atoms with Gasteiger partial charge in [-0.2, -0.15) is 0 Å². The molecule has 19 heavy (non-hydrogen) atoms. The van der Waals surface area contributed by atoms with Crippen molar-refractivity contribution < 1.29 is 14.3 Å². The topological polar surface area (TPSA) is 71.5 Å². The Labute approximate surface area is 111 Å². The van der Waals surface area contributed by atoms with Crippen molar-refractivity contribution in [1.29, 1.82) is 0 Å². The van der Waals surface area contributed by atoms with Gasteiger partial charge in [-0.05, 0) is 26.0 Å². The van der Waals surface area contributed by atoms with Crippen LogP contribution in [0.5, 0.6) is 0 Å². The second-order valence-electron chi connectivity index (χ2n) is 4.42. The summed E-state index contributed by atoms with van der Waals surface area (Å²) in [5.41, 5.74) is -0.558. The van der Waals surface area contributed by atoms with E-state index in [1.54, 1.807) is 31.3 Å². The molecule has 0 unspecified atom stereocenters. The number of urea groups is 1. The molecule has 1 aromatic heterocycles. The highest BCUT2D eigenvalue weighted by Gasteiger charge is 2.49. The lowest BCUT2D eigenvalue weighted by Gasteiger charge is -2.20. The Balaban J connectivity index is 2.17. The van der Waals surface area contributed by atoms with Crippen molar-refractivity contribution in [2.24, 2.45) is 0 Å². The average molecular weight is 263 g/mol. The SMILES string of the molecule is CCOCCN1C(=O)N[C@](C)(c2ccccn2)C1=O. The summed E-state index contributed by atoms with van der Waals surface area (Å²) >= 11 is 0. The zero-order valence-corrected chi connectivity index (χ0v) is 11.0. The first-order valence-electron chi connectivity index (χ1n) is 6.23. The van der Waals surface area contributed by atoms with Crippen LogP contribution in [0.3, 0.4) is 0 Å². The van der Waals surface area contributed by atoms with Crippen LogP contribution in [0, 0.1) is 0 Å². The van der Waals surface area contributed by atoms with E-state index in [1.807, 2.05) is 6.92 Å². The number of amides is 3. The molecule has 0 radical (unpaired) electrons. The standard InChI is InChI=1S/C13H17N3O3/c1-3-19-9-8-16-11(17)13(2,15-12(16)18)10-6-4-5-7-14-10/h4-7H,3,8-9H2,1-2H3,(H,15,18)/t13-/m1/s1. The van der Waals surface area contributed by atoms with Gasteiger partial charge in [0.25, 0.3) is 5.91 Å². The lowest BCUT2D eigenvalue weighted by Crippen LogP contribution is -2.42. The van der Waals surface area contributed by atoms with Crippen LogP contribution in [0.25, 0.3) is 0 Å². The largest absolute Gasteiger partial charge is 0.380 e. The van der Waals surface area contributed by atoms with Gasteiger partial charge < -0.3 is 10.1 Å². The second kappa shape index (κ2) is 5.36. The minimum Gasteiger partial charge on any atom is -0.380 e. The van der Waals surface area contributed by atoms with E-state index >= 15 is 0 Å². The van der Waals surface area contributed by atoms with Gasteiger partial charge in [0.15, 0.2) is 5.54 Å². The third kappa shape index (κ3) is 2.44. The van der Waals surface area contributed by atoms with Crippen molar-refractivity contribution in [2.45, 2.75) is 19.4 Å². The van der Waals surface area contributed by atoms with E-state index in [4.69, 9.17) is 4.74 Å². The zero-order valence-electron chi connectivity index (χ0n) is 11.0. The number of hydrogen-bond acceptors (Lipinski definition) is 4. The number of nitrogens with one attached hydrogen (secondary N) is 1. The Morgan fingerprint density at radius 1 is 1.42 bits per heavy atom. The van der Waals surface area contributed by atoms with E-state index in [-0.39, 0.29) is 12.5 Å². The number of pyridine rings is 1. The molecule has 6 nitrogen and oxygen atoms in total. The molecule has 0 aliphatic carbocycles. The highest BCUT2D eigenvalue weighted by molar-refractivity contribution is 6.06. The number of nitrogens with zero attached hydrogens (tertiary/aromatic N) is 2. The number of aromatic nitrogens is 1. The maximum absolute atomic E-state index is 12.4. The van der Waals surface area contributed by atoms with Crippen molar-refractivity contribution in [3.05, 3.63) is 30.1 Å². The predicted molar refractivity (Wildman–Crippen MR) is 68.3 cm³/mol. The maximum atomic E-state index is 12.4. The lowest BCUT2D eigenvalue weighted by molar-refractivity contribution is -0.131. The molecular formula is C13H17N3O3. The molecule has 1 fully saturated rings. The van der Waals surface area contributed by atoms with Gasteiger partial charge in [-0.3, -0.25) is 14.7 Å². The highest BCUT2D eigenvalue weighted by Crippen LogP contribution is 2.26. The summed E-state index contributed by atoms with van der Waals surface area (Å²) in [5, 5.41) is 2.69. The number of carbonyl (C=O) groups is 2. The Bertz CT molecular complexity index is 477. The first-order valence-corrected chi connectivity index (χ1v) is 6.23. The minimum absolute atomic E-state index is 0.251. The van der Waals surface area contributed by atoms with Crippen LogP contribution in [-0.2, 0) is 15.1 Å². The van der Waals surface area contributed by atoms with Crippen LogP contribution < -0.4 is 5.32 Å². The fourth-order valence-corrected chi connectivity index (χ4v) is 2.03. The van der Waals surface area contributed by atoms with Gasteiger partial charge in [-0.1, -0.05) is 6.07 Å². The number of ether oxygens (including phenoxy) is 1. The molecule has 0 spiro atoms. The highest BCUT2D eigenvalue weighted by atomic mass is 16.5. The van der Waals surface area contributed by atoms with Crippen molar-refractivity contribution in [1.82, 2.24) is 15.2 Å². The van der Waals surface area contributed by atoms with Crippen LogP contribution in [0.15, 0.2) is 24.4 Å².